The van der Waals surface area contributed by atoms with Crippen LogP contribution >= 0.6 is 0 Å². The Labute approximate surface area is 162 Å². The minimum atomic E-state index is -0.102. The van der Waals surface area contributed by atoms with E-state index in [0.717, 1.165) is 35.5 Å². The van der Waals surface area contributed by atoms with E-state index < -0.39 is 0 Å². The Balaban J connectivity index is 1.49. The summed E-state index contributed by atoms with van der Waals surface area (Å²) in [6, 6.07) is 14.6. The number of benzene rings is 2. The lowest BCUT2D eigenvalue weighted by molar-refractivity contribution is -0.123. The van der Waals surface area contributed by atoms with Gasteiger partial charge in [0.15, 0.2) is 6.61 Å². The first-order valence-electron chi connectivity index (χ1n) is 9.87. The van der Waals surface area contributed by atoms with E-state index in [4.69, 9.17) is 4.74 Å². The summed E-state index contributed by atoms with van der Waals surface area (Å²) < 4.78 is 5.80. The zero-order valence-electron chi connectivity index (χ0n) is 16.6. The fraction of sp³-hybridized carbons (Fsp3) is 0.435. The molecule has 0 aromatic heterocycles. The van der Waals surface area contributed by atoms with Crippen LogP contribution in [0.1, 0.15) is 49.3 Å². The second-order valence-electron chi connectivity index (χ2n) is 7.62. The van der Waals surface area contributed by atoms with Crippen molar-refractivity contribution in [3.63, 3.8) is 0 Å². The number of rotatable bonds is 7. The molecule has 1 aliphatic heterocycles. The van der Waals surface area contributed by atoms with Crippen LogP contribution in [0.5, 0.6) is 5.75 Å². The largest absolute Gasteiger partial charge is 0.483 e. The molecule has 0 saturated carbocycles. The Hall–Kier alpha value is -2.49. The molecule has 4 heteroatoms. The van der Waals surface area contributed by atoms with Crippen molar-refractivity contribution in [1.82, 2.24) is 5.32 Å². The van der Waals surface area contributed by atoms with Crippen molar-refractivity contribution in [3.05, 3.63) is 59.2 Å². The van der Waals surface area contributed by atoms with Gasteiger partial charge in [0.25, 0.3) is 5.91 Å². The van der Waals surface area contributed by atoms with E-state index in [-0.39, 0.29) is 12.5 Å². The fourth-order valence-electron chi connectivity index (χ4n) is 3.44. The minimum absolute atomic E-state index is 0.0367. The highest BCUT2D eigenvalue weighted by Gasteiger charge is 2.12. The zero-order valence-corrected chi connectivity index (χ0v) is 16.6. The first kappa shape index (κ1) is 19.3. The van der Waals surface area contributed by atoms with Crippen molar-refractivity contribution in [2.75, 3.05) is 24.6 Å². The van der Waals surface area contributed by atoms with Crippen LogP contribution in [0, 0.1) is 6.92 Å². The molecule has 1 N–H and O–H groups in total. The molecule has 0 atom stereocenters. The predicted octanol–water partition coefficient (Wildman–Crippen LogP) is 4.41. The van der Waals surface area contributed by atoms with E-state index in [1.54, 1.807) is 0 Å². The third-order valence-corrected chi connectivity index (χ3v) is 5.05. The van der Waals surface area contributed by atoms with Gasteiger partial charge in [0.1, 0.15) is 5.75 Å². The van der Waals surface area contributed by atoms with Gasteiger partial charge in [-0.3, -0.25) is 4.79 Å². The van der Waals surface area contributed by atoms with Crippen LogP contribution in [0.15, 0.2) is 42.5 Å². The van der Waals surface area contributed by atoms with Crippen molar-refractivity contribution in [3.8, 4) is 5.75 Å². The number of nitrogens with one attached hydrogen (secondary N) is 1. The third kappa shape index (κ3) is 5.25. The quantitative estimate of drug-likeness (QED) is 0.789. The summed E-state index contributed by atoms with van der Waals surface area (Å²) in [5.74, 6) is 1.06. The summed E-state index contributed by atoms with van der Waals surface area (Å²) in [7, 11) is 0. The molecule has 3 rings (SSSR count). The monoisotopic (exact) mass is 366 g/mol. The summed E-state index contributed by atoms with van der Waals surface area (Å²) in [5, 5.41) is 2.94. The van der Waals surface area contributed by atoms with Gasteiger partial charge in [-0.25, -0.2) is 0 Å². The Kier molecular flexibility index (Phi) is 6.38. The highest BCUT2D eigenvalue weighted by Crippen LogP contribution is 2.27. The number of anilines is 1. The van der Waals surface area contributed by atoms with Gasteiger partial charge in [0.2, 0.25) is 0 Å². The molecular formula is C23H30N2O2. The number of hydrogen-bond donors (Lipinski definition) is 1. The van der Waals surface area contributed by atoms with Gasteiger partial charge in [-0.05, 0) is 60.6 Å². The van der Waals surface area contributed by atoms with E-state index >= 15 is 0 Å². The molecule has 2 aromatic rings. The number of amides is 1. The lowest BCUT2D eigenvalue weighted by Gasteiger charge is -2.18. The molecule has 1 aliphatic rings. The van der Waals surface area contributed by atoms with Crippen molar-refractivity contribution in [2.24, 2.45) is 0 Å². The lowest BCUT2D eigenvalue weighted by Crippen LogP contribution is -2.28. The first-order valence-corrected chi connectivity index (χ1v) is 9.87. The lowest BCUT2D eigenvalue weighted by atomic mass is 10.0. The second kappa shape index (κ2) is 8.94. The van der Waals surface area contributed by atoms with Crippen LogP contribution < -0.4 is 15.0 Å². The van der Waals surface area contributed by atoms with Crippen molar-refractivity contribution >= 4 is 11.6 Å². The van der Waals surface area contributed by atoms with Gasteiger partial charge in [0, 0.05) is 25.3 Å². The van der Waals surface area contributed by atoms with E-state index in [1.165, 1.54) is 18.5 Å². The summed E-state index contributed by atoms with van der Waals surface area (Å²) in [6.07, 6.45) is 2.55. The number of carbonyl (C=O) groups excluding carboxylic acids is 1. The van der Waals surface area contributed by atoms with Crippen LogP contribution in [0.4, 0.5) is 5.69 Å². The minimum Gasteiger partial charge on any atom is -0.483 e. The molecule has 1 fully saturated rings. The molecule has 0 unspecified atom stereocenters. The van der Waals surface area contributed by atoms with E-state index in [1.807, 2.05) is 13.0 Å². The highest BCUT2D eigenvalue weighted by molar-refractivity contribution is 5.77. The van der Waals surface area contributed by atoms with Gasteiger partial charge in [-0.2, -0.15) is 0 Å². The third-order valence-electron chi connectivity index (χ3n) is 5.05. The maximum Gasteiger partial charge on any atom is 0.258 e. The molecule has 4 nitrogen and oxygen atoms in total. The highest BCUT2D eigenvalue weighted by atomic mass is 16.5. The van der Waals surface area contributed by atoms with Gasteiger partial charge in [0.05, 0.1) is 0 Å². The maximum absolute atomic E-state index is 12.2. The molecule has 1 amide bonds. The predicted molar refractivity (Wildman–Crippen MR) is 110 cm³/mol. The molecule has 0 aliphatic carbocycles. The number of hydrogen-bond acceptors (Lipinski definition) is 3. The van der Waals surface area contributed by atoms with Crippen LogP contribution in [0.25, 0.3) is 0 Å². The number of aryl methyl sites for hydroxylation is 1. The molecule has 1 heterocycles. The summed E-state index contributed by atoms with van der Waals surface area (Å²) >= 11 is 0. The molecule has 0 radical (unpaired) electrons. The molecule has 27 heavy (non-hydrogen) atoms. The second-order valence-corrected chi connectivity index (χ2v) is 7.62. The average Bonchev–Trinajstić information content (AvgIpc) is 3.19. The fourth-order valence-corrected chi connectivity index (χ4v) is 3.44. The van der Waals surface area contributed by atoms with Gasteiger partial charge < -0.3 is 15.0 Å². The number of nitrogens with zero attached hydrogens (tertiary/aromatic N) is 1. The van der Waals surface area contributed by atoms with Crippen LogP contribution in [0.3, 0.4) is 0 Å². The van der Waals surface area contributed by atoms with Crippen LogP contribution in [0.2, 0.25) is 0 Å². The Morgan fingerprint density at radius 1 is 1.11 bits per heavy atom. The van der Waals surface area contributed by atoms with Crippen molar-refractivity contribution in [2.45, 2.75) is 46.1 Å². The van der Waals surface area contributed by atoms with Crippen LogP contribution in [-0.4, -0.2) is 25.6 Å². The standard InChI is InChI=1S/C23H30N2O2/c1-17(2)21-11-6-18(3)14-22(21)27-16-23(26)24-15-19-7-9-20(10-8-19)25-12-4-5-13-25/h6-11,14,17H,4-5,12-13,15-16H2,1-3H3,(H,24,26). The Bertz CT molecular complexity index is 762. The maximum atomic E-state index is 12.2. The Morgan fingerprint density at radius 3 is 2.48 bits per heavy atom. The number of ether oxygens (including phenoxy) is 1. The SMILES string of the molecule is Cc1ccc(C(C)C)c(OCC(=O)NCc2ccc(N3CCCC3)cc2)c1. The summed E-state index contributed by atoms with van der Waals surface area (Å²) in [4.78, 5) is 14.6. The van der Waals surface area contributed by atoms with Gasteiger partial charge in [-0.15, -0.1) is 0 Å². The first-order chi connectivity index (χ1) is 13.0. The van der Waals surface area contributed by atoms with E-state index in [9.17, 15) is 4.79 Å². The van der Waals surface area contributed by atoms with Crippen LogP contribution in [-0.2, 0) is 11.3 Å². The molecule has 0 spiro atoms. The Morgan fingerprint density at radius 2 is 1.81 bits per heavy atom. The topological polar surface area (TPSA) is 41.6 Å². The number of carbonyl (C=O) groups is 1. The van der Waals surface area contributed by atoms with Gasteiger partial charge >= 0.3 is 0 Å². The van der Waals surface area contributed by atoms with E-state index in [2.05, 4.69) is 60.5 Å². The smallest absolute Gasteiger partial charge is 0.258 e. The molecule has 2 aromatic carbocycles. The molecule has 1 saturated heterocycles. The van der Waals surface area contributed by atoms with Crippen molar-refractivity contribution in [1.29, 1.82) is 0 Å². The summed E-state index contributed by atoms with van der Waals surface area (Å²) in [5.41, 5.74) is 4.63. The molecular weight excluding hydrogens is 336 g/mol. The summed E-state index contributed by atoms with van der Waals surface area (Å²) in [6.45, 7) is 9.13. The van der Waals surface area contributed by atoms with Gasteiger partial charge in [-0.1, -0.05) is 38.1 Å². The van der Waals surface area contributed by atoms with Crippen molar-refractivity contribution < 1.29 is 9.53 Å². The van der Waals surface area contributed by atoms with E-state index in [0.29, 0.717) is 12.5 Å². The zero-order chi connectivity index (χ0) is 19.2. The molecule has 144 valence electrons. The normalized spacial score (nSPS) is 13.9. The molecule has 0 bridgehead atoms. The average molecular weight is 367 g/mol.